The maximum atomic E-state index is 12.0. The minimum absolute atomic E-state index is 0.0333. The third-order valence-corrected chi connectivity index (χ3v) is 5.01. The number of thiophene rings is 1. The second-order valence-electron chi connectivity index (χ2n) is 6.28. The summed E-state index contributed by atoms with van der Waals surface area (Å²) in [4.78, 5) is 29.4. The molecule has 2 aromatic heterocycles. The lowest BCUT2D eigenvalue weighted by molar-refractivity contribution is -0.123. The number of anilines is 1. The molecule has 2 N–H and O–H groups in total. The van der Waals surface area contributed by atoms with Gasteiger partial charge in [0.2, 0.25) is 11.8 Å². The zero-order valence-electron chi connectivity index (χ0n) is 14.7. The van der Waals surface area contributed by atoms with Gasteiger partial charge in [0.1, 0.15) is 5.76 Å². The number of amides is 2. The highest BCUT2D eigenvalue weighted by atomic mass is 32.1. The average molecular weight is 377 g/mol. The summed E-state index contributed by atoms with van der Waals surface area (Å²) in [5.74, 6) is 1.02. The van der Waals surface area contributed by atoms with Crippen LogP contribution in [-0.4, -0.2) is 66.0 Å². The van der Waals surface area contributed by atoms with Crippen LogP contribution < -0.4 is 10.6 Å². The van der Waals surface area contributed by atoms with Crippen LogP contribution >= 0.6 is 11.3 Å². The van der Waals surface area contributed by atoms with Gasteiger partial charge in [-0.15, -0.1) is 11.3 Å². The molecule has 1 fully saturated rings. The third-order valence-electron chi connectivity index (χ3n) is 4.13. The Morgan fingerprint density at radius 2 is 1.88 bits per heavy atom. The van der Waals surface area contributed by atoms with E-state index in [2.05, 4.69) is 25.6 Å². The van der Waals surface area contributed by atoms with Gasteiger partial charge >= 0.3 is 0 Å². The molecule has 0 aliphatic carbocycles. The fourth-order valence-corrected chi connectivity index (χ4v) is 3.42. The van der Waals surface area contributed by atoms with Gasteiger partial charge in [0.15, 0.2) is 5.82 Å². The zero-order chi connectivity index (χ0) is 18.4. The highest BCUT2D eigenvalue weighted by Crippen LogP contribution is 2.09. The number of aromatic nitrogens is 1. The van der Waals surface area contributed by atoms with E-state index in [1.807, 2.05) is 17.5 Å². The van der Waals surface area contributed by atoms with Crippen molar-refractivity contribution in [3.63, 3.8) is 0 Å². The number of carbonyl (C=O) groups is 2. The molecule has 0 atom stereocenters. The highest BCUT2D eigenvalue weighted by molar-refractivity contribution is 7.09. The number of hydrogen-bond donors (Lipinski definition) is 2. The Labute approximate surface area is 156 Å². The van der Waals surface area contributed by atoms with E-state index in [4.69, 9.17) is 4.52 Å². The first-order chi connectivity index (χ1) is 12.6. The maximum absolute atomic E-state index is 12.0. The van der Waals surface area contributed by atoms with Gasteiger partial charge in [0.25, 0.3) is 0 Å². The van der Waals surface area contributed by atoms with Gasteiger partial charge < -0.3 is 15.2 Å². The molecule has 1 saturated heterocycles. The molecule has 0 aromatic carbocycles. The summed E-state index contributed by atoms with van der Waals surface area (Å²) < 4.78 is 4.93. The standard InChI is InChI=1S/C17H23N5O3S/c1-13-9-15(20-25-13)19-17(24)12-22-6-4-21(5-7-22)11-16(23)18-10-14-3-2-8-26-14/h2-3,8-9H,4-7,10-12H2,1H3,(H,18,23)(H,19,20,24). The quantitative estimate of drug-likeness (QED) is 0.746. The molecule has 3 heterocycles. The minimum atomic E-state index is -0.111. The number of rotatable bonds is 7. The van der Waals surface area contributed by atoms with Crippen LogP contribution in [0.1, 0.15) is 10.6 Å². The fourth-order valence-electron chi connectivity index (χ4n) is 2.77. The molecule has 140 valence electrons. The first kappa shape index (κ1) is 18.6. The van der Waals surface area contributed by atoms with Crippen LogP contribution in [0.4, 0.5) is 5.82 Å². The zero-order valence-corrected chi connectivity index (χ0v) is 15.6. The normalized spacial score (nSPS) is 15.7. The average Bonchev–Trinajstić information content (AvgIpc) is 3.26. The fraction of sp³-hybridized carbons (Fsp3) is 0.471. The molecule has 0 bridgehead atoms. The SMILES string of the molecule is Cc1cc(NC(=O)CN2CCN(CC(=O)NCc3cccs3)CC2)no1. The summed E-state index contributed by atoms with van der Waals surface area (Å²) in [6, 6.07) is 5.67. The monoisotopic (exact) mass is 377 g/mol. The molecule has 9 heteroatoms. The molecule has 1 aliphatic rings. The number of carbonyl (C=O) groups excluding carboxylic acids is 2. The summed E-state index contributed by atoms with van der Waals surface area (Å²) in [6.45, 7) is 6.10. The number of nitrogens with one attached hydrogen (secondary N) is 2. The second-order valence-corrected chi connectivity index (χ2v) is 7.31. The van der Waals surface area contributed by atoms with Gasteiger partial charge in [0.05, 0.1) is 19.6 Å². The van der Waals surface area contributed by atoms with Crippen molar-refractivity contribution >= 4 is 29.0 Å². The van der Waals surface area contributed by atoms with Crippen LogP contribution in [0, 0.1) is 6.92 Å². The Balaban J connectivity index is 1.33. The topological polar surface area (TPSA) is 90.7 Å². The molecule has 8 nitrogen and oxygen atoms in total. The molecule has 0 spiro atoms. The molecule has 1 aliphatic heterocycles. The smallest absolute Gasteiger partial charge is 0.239 e. The highest BCUT2D eigenvalue weighted by Gasteiger charge is 2.21. The third kappa shape index (κ3) is 5.65. The van der Waals surface area contributed by atoms with Crippen LogP contribution in [0.5, 0.6) is 0 Å². The predicted octanol–water partition coefficient (Wildman–Crippen LogP) is 0.917. The van der Waals surface area contributed by atoms with E-state index in [9.17, 15) is 9.59 Å². The lowest BCUT2D eigenvalue weighted by atomic mass is 10.3. The Morgan fingerprint density at radius 3 is 2.46 bits per heavy atom. The molecule has 2 amide bonds. The maximum Gasteiger partial charge on any atom is 0.239 e. The van der Waals surface area contributed by atoms with E-state index in [0.29, 0.717) is 31.2 Å². The van der Waals surface area contributed by atoms with Crippen LogP contribution in [0.25, 0.3) is 0 Å². The molecular weight excluding hydrogens is 354 g/mol. The number of piperazine rings is 1. The summed E-state index contributed by atoms with van der Waals surface area (Å²) in [5.41, 5.74) is 0. The number of nitrogens with zero attached hydrogens (tertiary/aromatic N) is 3. The lowest BCUT2D eigenvalue weighted by Crippen LogP contribution is -2.50. The Kier molecular flexibility index (Phi) is 6.37. The number of aryl methyl sites for hydroxylation is 1. The lowest BCUT2D eigenvalue weighted by Gasteiger charge is -2.33. The van der Waals surface area contributed by atoms with Crippen molar-refractivity contribution in [1.82, 2.24) is 20.3 Å². The van der Waals surface area contributed by atoms with Gasteiger partial charge in [-0.25, -0.2) is 0 Å². The predicted molar refractivity (Wildman–Crippen MR) is 98.9 cm³/mol. The molecule has 0 radical (unpaired) electrons. The number of hydrogen-bond acceptors (Lipinski definition) is 7. The van der Waals surface area contributed by atoms with Crippen LogP contribution in [-0.2, 0) is 16.1 Å². The van der Waals surface area contributed by atoms with Crippen molar-refractivity contribution < 1.29 is 14.1 Å². The van der Waals surface area contributed by atoms with Crippen molar-refractivity contribution in [2.75, 3.05) is 44.6 Å². The van der Waals surface area contributed by atoms with Gasteiger partial charge in [0, 0.05) is 37.1 Å². The van der Waals surface area contributed by atoms with E-state index in [1.54, 1.807) is 24.3 Å². The van der Waals surface area contributed by atoms with E-state index < -0.39 is 0 Å². The Bertz CT molecular complexity index is 723. The molecule has 2 aromatic rings. The molecule has 26 heavy (non-hydrogen) atoms. The Morgan fingerprint density at radius 1 is 1.19 bits per heavy atom. The Hall–Kier alpha value is -2.23. The summed E-state index contributed by atoms with van der Waals surface area (Å²) in [7, 11) is 0. The summed E-state index contributed by atoms with van der Waals surface area (Å²) >= 11 is 1.64. The van der Waals surface area contributed by atoms with E-state index >= 15 is 0 Å². The molecule has 0 saturated carbocycles. The van der Waals surface area contributed by atoms with Crippen LogP contribution in [0.3, 0.4) is 0 Å². The first-order valence-corrected chi connectivity index (χ1v) is 9.43. The van der Waals surface area contributed by atoms with Crippen molar-refractivity contribution in [3.8, 4) is 0 Å². The van der Waals surface area contributed by atoms with Gasteiger partial charge in [-0.1, -0.05) is 11.2 Å². The van der Waals surface area contributed by atoms with Crippen molar-refractivity contribution in [3.05, 3.63) is 34.2 Å². The summed E-state index contributed by atoms with van der Waals surface area (Å²) in [5, 5.41) is 11.4. The minimum Gasteiger partial charge on any atom is -0.360 e. The van der Waals surface area contributed by atoms with E-state index in [0.717, 1.165) is 31.1 Å². The largest absolute Gasteiger partial charge is 0.360 e. The van der Waals surface area contributed by atoms with Gasteiger partial charge in [-0.3, -0.25) is 19.4 Å². The second kappa shape index (κ2) is 8.93. The molecule has 0 unspecified atom stereocenters. The van der Waals surface area contributed by atoms with Gasteiger partial charge in [-0.05, 0) is 18.4 Å². The van der Waals surface area contributed by atoms with Crippen LogP contribution in [0.15, 0.2) is 28.1 Å². The van der Waals surface area contributed by atoms with Crippen molar-refractivity contribution in [2.24, 2.45) is 0 Å². The molecular formula is C17H23N5O3S. The van der Waals surface area contributed by atoms with Crippen molar-refractivity contribution in [1.29, 1.82) is 0 Å². The van der Waals surface area contributed by atoms with Crippen LogP contribution in [0.2, 0.25) is 0 Å². The van der Waals surface area contributed by atoms with Crippen molar-refractivity contribution in [2.45, 2.75) is 13.5 Å². The summed E-state index contributed by atoms with van der Waals surface area (Å²) in [6.07, 6.45) is 0. The first-order valence-electron chi connectivity index (χ1n) is 8.55. The molecule has 3 rings (SSSR count). The van der Waals surface area contributed by atoms with E-state index in [-0.39, 0.29) is 11.8 Å². The van der Waals surface area contributed by atoms with E-state index in [1.165, 1.54) is 0 Å². The van der Waals surface area contributed by atoms with Gasteiger partial charge in [-0.2, -0.15) is 0 Å².